The van der Waals surface area contributed by atoms with Crippen LogP contribution >= 0.6 is 0 Å². The Bertz CT molecular complexity index is 4450. The summed E-state index contributed by atoms with van der Waals surface area (Å²) in [7, 11) is 0. The lowest BCUT2D eigenvalue weighted by Gasteiger charge is -2.29. The molecule has 0 saturated heterocycles. The fourth-order valence-corrected chi connectivity index (χ4v) is 11.9. The van der Waals surface area contributed by atoms with E-state index in [-0.39, 0.29) is 0 Å². The van der Waals surface area contributed by atoms with E-state index in [1.165, 1.54) is 11.1 Å². The third-order valence-electron chi connectivity index (χ3n) is 15.1. The Kier molecular flexibility index (Phi) is 8.53. The van der Waals surface area contributed by atoms with Crippen LogP contribution < -0.4 is 9.80 Å². The van der Waals surface area contributed by atoms with E-state index in [0.29, 0.717) is 0 Å². The van der Waals surface area contributed by atoms with Crippen molar-refractivity contribution in [1.82, 2.24) is 0 Å². The van der Waals surface area contributed by atoms with Crippen LogP contribution in [0.5, 0.6) is 0 Å². The fraction of sp³-hybridized carbons (Fsp3) is 0.0606. The first-order valence-corrected chi connectivity index (χ1v) is 24.5. The van der Waals surface area contributed by atoms with Crippen molar-refractivity contribution >= 4 is 143 Å². The van der Waals surface area contributed by atoms with Crippen molar-refractivity contribution in [2.24, 2.45) is 0 Å². The maximum Gasteiger partial charge on any atom is 0.139 e. The molecule has 0 radical (unpaired) electrons. The van der Waals surface area contributed by atoms with Gasteiger partial charge >= 0.3 is 0 Å². The van der Waals surface area contributed by atoms with Gasteiger partial charge in [0.1, 0.15) is 44.7 Å². The second kappa shape index (κ2) is 15.1. The first kappa shape index (κ1) is 40.6. The summed E-state index contributed by atoms with van der Waals surface area (Å²) >= 11 is 0. The summed E-state index contributed by atoms with van der Waals surface area (Å²) in [4.78, 5) is 4.75. The molecule has 15 aromatic rings. The molecule has 72 heavy (non-hydrogen) atoms. The third kappa shape index (κ3) is 5.96. The van der Waals surface area contributed by atoms with Gasteiger partial charge in [0, 0.05) is 71.9 Å². The second-order valence-electron chi connectivity index (χ2n) is 19.4. The van der Waals surface area contributed by atoms with Crippen LogP contribution in [-0.4, -0.2) is 0 Å². The number of aryl methyl sites for hydroxylation is 4. The zero-order chi connectivity index (χ0) is 47.9. The molecule has 0 aliphatic carbocycles. The van der Waals surface area contributed by atoms with Crippen molar-refractivity contribution in [3.05, 3.63) is 216 Å². The molecular weight excluding hydrogens is 885 g/mol. The molecule has 342 valence electrons. The average Bonchev–Trinajstić information content (AvgIpc) is 4.16. The van der Waals surface area contributed by atoms with E-state index in [2.05, 4.69) is 207 Å². The Morgan fingerprint density at radius 3 is 1.11 bits per heavy atom. The van der Waals surface area contributed by atoms with Gasteiger partial charge in [-0.2, -0.15) is 0 Å². The first-order valence-electron chi connectivity index (χ1n) is 24.5. The van der Waals surface area contributed by atoms with Gasteiger partial charge < -0.3 is 27.5 Å². The van der Waals surface area contributed by atoms with Crippen LogP contribution in [0.25, 0.3) is 109 Å². The molecule has 0 fully saturated rings. The van der Waals surface area contributed by atoms with Crippen molar-refractivity contribution in [3.63, 3.8) is 0 Å². The molecule has 0 saturated carbocycles. The average molecular weight is 929 g/mol. The molecule has 11 aromatic carbocycles. The predicted octanol–water partition coefficient (Wildman–Crippen LogP) is 19.8. The third-order valence-corrected chi connectivity index (χ3v) is 15.1. The standard InChI is InChI=1S/C66H44N2O4/c1-37-27-61-63(49-19-11-13-21-55(49)69-61)39(3)65(37)67(45-15-7-5-8-16-45)47-25-23-41-31-51-53-35-54-52-32-42-24-26-48(30-44(42)34-58(52)72-60(54)36-59(53)71-57(51)33-43(41)29-47)68(46-17-9-6-10-18-46)66-38(2)28-62-64(40(66)4)50-20-12-14-22-56(50)70-62/h5-36H,1-4H3. The lowest BCUT2D eigenvalue weighted by Crippen LogP contribution is -2.13. The van der Waals surface area contributed by atoms with Gasteiger partial charge in [0.25, 0.3) is 0 Å². The number of anilines is 6. The van der Waals surface area contributed by atoms with Crippen molar-refractivity contribution in [1.29, 1.82) is 0 Å². The number of rotatable bonds is 6. The summed E-state index contributed by atoms with van der Waals surface area (Å²) < 4.78 is 26.2. The molecule has 6 heteroatoms. The van der Waals surface area contributed by atoms with Crippen LogP contribution in [0.15, 0.2) is 212 Å². The van der Waals surface area contributed by atoms with E-state index in [0.717, 1.165) is 155 Å². The van der Waals surface area contributed by atoms with Gasteiger partial charge in [-0.25, -0.2) is 0 Å². The highest BCUT2D eigenvalue weighted by Crippen LogP contribution is 2.48. The number of hydrogen-bond acceptors (Lipinski definition) is 6. The number of furan rings is 4. The molecule has 15 rings (SSSR count). The fourth-order valence-electron chi connectivity index (χ4n) is 11.9. The first-order chi connectivity index (χ1) is 35.3. The van der Waals surface area contributed by atoms with Gasteiger partial charge in [-0.3, -0.25) is 0 Å². The lowest BCUT2D eigenvalue weighted by atomic mass is 9.99. The number of nitrogens with zero attached hydrogens (tertiary/aromatic N) is 2. The topological polar surface area (TPSA) is 59.0 Å². The molecule has 4 heterocycles. The predicted molar refractivity (Wildman–Crippen MR) is 299 cm³/mol. The van der Waals surface area contributed by atoms with Gasteiger partial charge in [0.05, 0.1) is 11.4 Å². The summed E-state index contributed by atoms with van der Waals surface area (Å²) in [6.45, 7) is 8.78. The maximum absolute atomic E-state index is 6.73. The van der Waals surface area contributed by atoms with Gasteiger partial charge in [0.2, 0.25) is 0 Å². The van der Waals surface area contributed by atoms with Crippen LogP contribution in [0.2, 0.25) is 0 Å². The molecule has 0 unspecified atom stereocenters. The Morgan fingerprint density at radius 2 is 0.653 bits per heavy atom. The Balaban J connectivity index is 0.837. The molecule has 4 aromatic heterocycles. The monoisotopic (exact) mass is 928 g/mol. The summed E-state index contributed by atoms with van der Waals surface area (Å²) in [5.74, 6) is 0. The van der Waals surface area contributed by atoms with Crippen molar-refractivity contribution in [3.8, 4) is 0 Å². The minimum atomic E-state index is 0.795. The summed E-state index contributed by atoms with van der Waals surface area (Å²) in [6.07, 6.45) is 0. The quantitative estimate of drug-likeness (QED) is 0.166. The smallest absolute Gasteiger partial charge is 0.139 e. The van der Waals surface area contributed by atoms with E-state index in [9.17, 15) is 0 Å². The van der Waals surface area contributed by atoms with Gasteiger partial charge in [-0.05, 0) is 175 Å². The summed E-state index contributed by atoms with van der Waals surface area (Å²) in [5.41, 5.74) is 18.1. The highest BCUT2D eigenvalue weighted by molar-refractivity contribution is 6.19. The SMILES string of the molecule is Cc1cc2oc3ccccc3c2c(C)c1N(c1ccccc1)c1ccc2cc3c(cc2c1)oc1cc2oc4cc5cc(N(c6ccccc6)c6c(C)cc7oc8ccccc8c7c6C)ccc5cc4c2cc13. The highest BCUT2D eigenvalue weighted by atomic mass is 16.3. The zero-order valence-electron chi connectivity index (χ0n) is 40.0. The lowest BCUT2D eigenvalue weighted by molar-refractivity contribution is 0.656. The molecule has 0 spiro atoms. The largest absolute Gasteiger partial charge is 0.456 e. The van der Waals surface area contributed by atoms with Crippen LogP contribution in [0.3, 0.4) is 0 Å². The van der Waals surface area contributed by atoms with E-state index in [4.69, 9.17) is 17.7 Å². The van der Waals surface area contributed by atoms with Crippen LogP contribution in [0, 0.1) is 27.7 Å². The number of hydrogen-bond donors (Lipinski definition) is 0. The number of fused-ring (bicyclic) bond motifs is 14. The Labute approximate surface area is 413 Å². The van der Waals surface area contributed by atoms with E-state index < -0.39 is 0 Å². The minimum Gasteiger partial charge on any atom is -0.456 e. The van der Waals surface area contributed by atoms with Crippen LogP contribution in [-0.2, 0) is 0 Å². The number of para-hydroxylation sites is 4. The van der Waals surface area contributed by atoms with Gasteiger partial charge in [-0.1, -0.05) is 84.9 Å². The Morgan fingerprint density at radius 1 is 0.264 bits per heavy atom. The van der Waals surface area contributed by atoms with Crippen molar-refractivity contribution in [2.75, 3.05) is 9.80 Å². The van der Waals surface area contributed by atoms with Gasteiger partial charge in [-0.15, -0.1) is 0 Å². The second-order valence-corrected chi connectivity index (χ2v) is 19.4. The van der Waals surface area contributed by atoms with E-state index in [1.807, 2.05) is 24.3 Å². The van der Waals surface area contributed by atoms with Crippen LogP contribution in [0.1, 0.15) is 22.3 Å². The maximum atomic E-state index is 6.73. The molecule has 6 nitrogen and oxygen atoms in total. The summed E-state index contributed by atoms with van der Waals surface area (Å²) in [5, 5.41) is 13.3. The molecule has 0 N–H and O–H groups in total. The zero-order valence-corrected chi connectivity index (χ0v) is 40.0. The van der Waals surface area contributed by atoms with Crippen LogP contribution in [0.4, 0.5) is 34.1 Å². The van der Waals surface area contributed by atoms with Gasteiger partial charge in [0.15, 0.2) is 0 Å². The normalized spacial score (nSPS) is 12.2. The molecule has 0 bridgehead atoms. The van der Waals surface area contributed by atoms with E-state index in [1.54, 1.807) is 0 Å². The molecule has 0 atom stereocenters. The molecule has 0 amide bonds. The minimum absolute atomic E-state index is 0.795. The molecule has 0 aliphatic rings. The van der Waals surface area contributed by atoms with Crippen molar-refractivity contribution in [2.45, 2.75) is 27.7 Å². The van der Waals surface area contributed by atoms with Crippen molar-refractivity contribution < 1.29 is 17.7 Å². The Hall–Kier alpha value is -9.26. The van der Waals surface area contributed by atoms with E-state index >= 15 is 0 Å². The molecule has 0 aliphatic heterocycles. The number of benzene rings is 11. The molecular formula is C66H44N2O4. The summed E-state index contributed by atoms with van der Waals surface area (Å²) in [6, 6.07) is 69.0. The highest BCUT2D eigenvalue weighted by Gasteiger charge is 2.25.